The van der Waals surface area contributed by atoms with Crippen molar-refractivity contribution in [1.82, 2.24) is 5.06 Å². The predicted octanol–water partition coefficient (Wildman–Crippen LogP) is 0.516. The van der Waals surface area contributed by atoms with Crippen LogP contribution in [0.2, 0.25) is 0 Å². The highest BCUT2D eigenvalue weighted by Gasteiger charge is 2.48. The largest absolute Gasteiger partial charge is 0.333 e. The van der Waals surface area contributed by atoms with Gasteiger partial charge in [0.2, 0.25) is 0 Å². The van der Waals surface area contributed by atoms with Gasteiger partial charge >= 0.3 is 5.97 Å². The number of carbonyl (C=O) groups excluding carboxylic acids is 3. The van der Waals surface area contributed by atoms with E-state index in [-0.39, 0.29) is 11.5 Å². The lowest BCUT2D eigenvalue weighted by molar-refractivity contribution is -0.197. The minimum absolute atomic E-state index is 0.0518. The SMILES string of the molecule is O=C(CCC1=CCCC=C1)ON1C(=O)CC(S(=O)(=O)O)C1=O. The Labute approximate surface area is 127 Å². The van der Waals surface area contributed by atoms with E-state index in [1.54, 1.807) is 0 Å². The Bertz CT molecular complexity index is 662. The first kappa shape index (κ1) is 16.4. The summed E-state index contributed by atoms with van der Waals surface area (Å²) in [5.74, 6) is -3.05. The first-order chi connectivity index (χ1) is 10.3. The molecule has 9 heteroatoms. The fraction of sp³-hybridized carbons (Fsp3) is 0.462. The number of rotatable bonds is 5. The van der Waals surface area contributed by atoms with Crippen molar-refractivity contribution in [1.29, 1.82) is 0 Å². The van der Waals surface area contributed by atoms with Gasteiger partial charge in [-0.05, 0) is 19.3 Å². The molecule has 0 saturated carbocycles. The molecule has 2 rings (SSSR count). The lowest BCUT2D eigenvalue weighted by Crippen LogP contribution is -2.36. The molecule has 1 heterocycles. The zero-order chi connectivity index (χ0) is 16.3. The molecule has 120 valence electrons. The summed E-state index contributed by atoms with van der Waals surface area (Å²) in [6, 6.07) is 0. The Morgan fingerprint density at radius 1 is 1.36 bits per heavy atom. The van der Waals surface area contributed by atoms with Crippen LogP contribution in [0, 0.1) is 0 Å². The van der Waals surface area contributed by atoms with Crippen LogP contribution >= 0.6 is 0 Å². The average molecular weight is 329 g/mol. The van der Waals surface area contributed by atoms with Gasteiger partial charge in [0.1, 0.15) is 0 Å². The smallest absolute Gasteiger partial charge is 0.330 e. The molecule has 1 saturated heterocycles. The molecule has 2 aliphatic rings. The van der Waals surface area contributed by atoms with Gasteiger partial charge in [0.05, 0.1) is 12.8 Å². The Balaban J connectivity index is 1.91. The highest BCUT2D eigenvalue weighted by atomic mass is 32.2. The molecule has 0 radical (unpaired) electrons. The number of allylic oxidation sites excluding steroid dienone is 4. The second-order valence-corrected chi connectivity index (χ2v) is 6.56. The number of nitrogens with zero attached hydrogens (tertiary/aromatic N) is 1. The van der Waals surface area contributed by atoms with Crippen LogP contribution in [0.25, 0.3) is 0 Å². The van der Waals surface area contributed by atoms with E-state index in [1.165, 1.54) is 0 Å². The third-order valence-corrected chi connectivity index (χ3v) is 4.39. The molecule has 22 heavy (non-hydrogen) atoms. The van der Waals surface area contributed by atoms with E-state index in [4.69, 9.17) is 4.55 Å². The summed E-state index contributed by atoms with van der Waals surface area (Å²) >= 11 is 0. The number of hydrogen-bond acceptors (Lipinski definition) is 6. The molecule has 0 spiro atoms. The van der Waals surface area contributed by atoms with Crippen molar-refractivity contribution in [2.24, 2.45) is 0 Å². The Kier molecular flexibility index (Phi) is 4.77. The van der Waals surface area contributed by atoms with E-state index in [9.17, 15) is 22.8 Å². The molecule has 1 N–H and O–H groups in total. The minimum Gasteiger partial charge on any atom is -0.330 e. The highest BCUT2D eigenvalue weighted by Crippen LogP contribution is 2.21. The zero-order valence-electron chi connectivity index (χ0n) is 11.6. The van der Waals surface area contributed by atoms with Crippen LogP contribution in [0.4, 0.5) is 0 Å². The van der Waals surface area contributed by atoms with E-state index in [2.05, 4.69) is 4.84 Å². The van der Waals surface area contributed by atoms with Crippen LogP contribution < -0.4 is 0 Å². The van der Waals surface area contributed by atoms with Crippen LogP contribution in [0.3, 0.4) is 0 Å². The molecule has 1 fully saturated rings. The van der Waals surface area contributed by atoms with Crippen LogP contribution in [-0.4, -0.2) is 41.1 Å². The minimum atomic E-state index is -4.70. The van der Waals surface area contributed by atoms with Gasteiger partial charge in [-0.2, -0.15) is 8.42 Å². The van der Waals surface area contributed by atoms with E-state index >= 15 is 0 Å². The van der Waals surface area contributed by atoms with Gasteiger partial charge in [-0.15, -0.1) is 5.06 Å². The zero-order valence-corrected chi connectivity index (χ0v) is 12.4. The number of hydroxylamine groups is 2. The van der Waals surface area contributed by atoms with Crippen LogP contribution in [0.1, 0.15) is 32.1 Å². The average Bonchev–Trinajstić information content (AvgIpc) is 2.74. The molecule has 1 aliphatic carbocycles. The molecule has 1 unspecified atom stereocenters. The molecular weight excluding hydrogens is 314 g/mol. The van der Waals surface area contributed by atoms with E-state index < -0.39 is 39.6 Å². The highest BCUT2D eigenvalue weighted by molar-refractivity contribution is 7.87. The third kappa shape index (κ3) is 3.80. The third-order valence-electron chi connectivity index (χ3n) is 3.30. The number of hydrogen-bond donors (Lipinski definition) is 1. The molecule has 8 nitrogen and oxygen atoms in total. The summed E-state index contributed by atoms with van der Waals surface area (Å²) in [5, 5.41) is -1.79. The molecule has 2 amide bonds. The van der Waals surface area contributed by atoms with Crippen molar-refractivity contribution < 1.29 is 32.2 Å². The maximum Gasteiger partial charge on any atom is 0.333 e. The van der Waals surface area contributed by atoms with E-state index in [1.807, 2.05) is 18.2 Å². The van der Waals surface area contributed by atoms with Crippen LogP contribution in [0.5, 0.6) is 0 Å². The van der Waals surface area contributed by atoms with Crippen molar-refractivity contribution in [2.45, 2.75) is 37.4 Å². The Morgan fingerprint density at radius 3 is 2.64 bits per heavy atom. The van der Waals surface area contributed by atoms with Gasteiger partial charge in [0.25, 0.3) is 21.9 Å². The van der Waals surface area contributed by atoms with E-state index in [0.717, 1.165) is 18.4 Å². The Morgan fingerprint density at radius 2 is 2.09 bits per heavy atom. The van der Waals surface area contributed by atoms with Gasteiger partial charge in [0, 0.05) is 0 Å². The quantitative estimate of drug-likeness (QED) is 0.577. The summed E-state index contributed by atoms with van der Waals surface area (Å²) in [6.07, 6.45) is 7.29. The number of imide groups is 1. The first-order valence-electron chi connectivity index (χ1n) is 6.68. The van der Waals surface area contributed by atoms with Crippen molar-refractivity contribution in [3.8, 4) is 0 Å². The van der Waals surface area contributed by atoms with Crippen molar-refractivity contribution in [3.05, 3.63) is 23.8 Å². The van der Waals surface area contributed by atoms with Gasteiger partial charge in [-0.3, -0.25) is 14.1 Å². The molecule has 0 bridgehead atoms. The lowest BCUT2D eigenvalue weighted by atomic mass is 10.0. The van der Waals surface area contributed by atoms with Crippen molar-refractivity contribution >= 4 is 27.9 Å². The van der Waals surface area contributed by atoms with E-state index in [0.29, 0.717) is 6.42 Å². The fourth-order valence-corrected chi connectivity index (χ4v) is 2.86. The summed E-state index contributed by atoms with van der Waals surface area (Å²) in [4.78, 5) is 39.5. The molecule has 0 aromatic carbocycles. The summed E-state index contributed by atoms with van der Waals surface area (Å²) < 4.78 is 30.8. The monoisotopic (exact) mass is 329 g/mol. The lowest BCUT2D eigenvalue weighted by Gasteiger charge is -2.13. The molecular formula is C13H15NO7S. The van der Waals surface area contributed by atoms with Crippen LogP contribution in [-0.2, 0) is 29.3 Å². The standard InChI is InChI=1S/C13H15NO7S/c15-11-8-10(22(18,19)20)13(17)14(11)21-12(16)7-6-9-4-2-1-3-5-9/h2,4-5,10H,1,3,6-8H2,(H,18,19,20). The van der Waals surface area contributed by atoms with Gasteiger partial charge < -0.3 is 4.84 Å². The fourth-order valence-electron chi connectivity index (χ4n) is 2.16. The molecule has 1 aliphatic heterocycles. The van der Waals surface area contributed by atoms with Crippen molar-refractivity contribution in [2.75, 3.05) is 0 Å². The number of amides is 2. The maximum absolute atomic E-state index is 11.7. The predicted molar refractivity (Wildman–Crippen MR) is 73.6 cm³/mol. The van der Waals surface area contributed by atoms with Gasteiger partial charge in [-0.25, -0.2) is 4.79 Å². The number of carbonyl (C=O) groups is 3. The first-order valence-corrected chi connectivity index (χ1v) is 8.19. The van der Waals surface area contributed by atoms with Crippen LogP contribution in [0.15, 0.2) is 23.8 Å². The second-order valence-electron chi connectivity index (χ2n) is 4.96. The normalized spacial score (nSPS) is 22.0. The molecule has 0 aromatic heterocycles. The Hall–Kier alpha value is -2.00. The molecule has 1 atom stereocenters. The summed E-state index contributed by atoms with van der Waals surface area (Å²) in [6.45, 7) is 0. The van der Waals surface area contributed by atoms with Crippen molar-refractivity contribution in [3.63, 3.8) is 0 Å². The maximum atomic E-state index is 11.7. The summed E-state index contributed by atoms with van der Waals surface area (Å²) in [7, 11) is -4.70. The second kappa shape index (κ2) is 6.41. The van der Waals surface area contributed by atoms with Gasteiger partial charge in [-0.1, -0.05) is 23.8 Å². The summed E-state index contributed by atoms with van der Waals surface area (Å²) in [5.41, 5.74) is 0.957. The topological polar surface area (TPSA) is 118 Å². The molecule has 0 aromatic rings. The van der Waals surface area contributed by atoms with Gasteiger partial charge in [0.15, 0.2) is 5.25 Å².